The van der Waals surface area contributed by atoms with Crippen LogP contribution in [0.2, 0.25) is 20.1 Å². The standard InChI is InChI=1S/C29H27Cl2FN4O3S.C20H23Cl2N3O.C9H5BrFNO2S/c1-38-28(37)15-9-22(32)26-23(10-15)40-29(34-26)36-17-7-8-18(36)12-16(11-17)33-13-19-25(35-39-27(19)14-5-6-14)24-20(30)3-2-4-21(24)31;21-16-2-1-3-17(22)18(16)19-15(20(26-25-19)11-4-5-11)10-23-14-8-12-6-7-13(9-14)24-12;1-14-8(13)4-2-5(11)7-6(3-4)15-9(10)12-7/h2-4,9-10,14,16-18,33H,5-8,11-13H2,1H3;1-3,11-14,23-24H,4-10H2;2-3H,1H3. The molecule has 6 fully saturated rings. The van der Waals surface area contributed by atoms with Crippen molar-refractivity contribution < 1.29 is 36.9 Å². The number of esters is 2. The zero-order valence-electron chi connectivity index (χ0n) is 43.9. The van der Waals surface area contributed by atoms with Gasteiger partial charge < -0.3 is 39.4 Å². The number of ether oxygens (including phenoxy) is 2. The monoisotopic (exact) mass is 1280 g/mol. The van der Waals surface area contributed by atoms with Crippen LogP contribution in [0.15, 0.2) is 73.6 Å². The molecule has 81 heavy (non-hydrogen) atoms. The topological polar surface area (TPSA) is 170 Å². The Morgan fingerprint density at radius 2 is 1.10 bits per heavy atom. The number of benzene rings is 4. The first kappa shape index (κ1) is 56.7. The summed E-state index contributed by atoms with van der Waals surface area (Å²) in [5, 5.41) is 23.2. The summed E-state index contributed by atoms with van der Waals surface area (Å²) in [6.45, 7) is 1.38. The predicted molar refractivity (Wildman–Crippen MR) is 316 cm³/mol. The van der Waals surface area contributed by atoms with Crippen molar-refractivity contribution >= 4 is 123 Å². The minimum Gasteiger partial charge on any atom is -0.465 e. The van der Waals surface area contributed by atoms with Crippen LogP contribution in [-0.2, 0) is 22.6 Å². The fraction of sp³-hybridized carbons (Fsp3) is 0.414. The van der Waals surface area contributed by atoms with Crippen LogP contribution in [-0.4, -0.2) is 82.7 Å². The van der Waals surface area contributed by atoms with E-state index in [9.17, 15) is 18.4 Å². The van der Waals surface area contributed by atoms with E-state index in [0.717, 1.165) is 90.2 Å². The molecule has 424 valence electrons. The third-order valence-electron chi connectivity index (χ3n) is 16.2. The SMILES string of the molecule is COC(=O)c1cc(F)c2nc(Br)sc2c1.COC(=O)c1cc(F)c2nc(N3C4CCC3CC(NCc3c(-c5c(Cl)cccc5Cl)noc3C3CC3)C4)sc2c1.Clc1cccc(Cl)c1-c1noc(C2CC2)c1CNC1CC2CCC(C1)N2. The molecule has 2 aliphatic carbocycles. The van der Waals surface area contributed by atoms with Crippen molar-refractivity contribution in [3.8, 4) is 22.5 Å². The zero-order chi connectivity index (χ0) is 56.2. The van der Waals surface area contributed by atoms with Gasteiger partial charge in [0.2, 0.25) is 0 Å². The van der Waals surface area contributed by atoms with Crippen LogP contribution in [0.3, 0.4) is 0 Å². The number of piperidine rings is 2. The number of aromatic nitrogens is 4. The molecule has 0 amide bonds. The Labute approximate surface area is 502 Å². The molecule has 23 heteroatoms. The zero-order valence-corrected chi connectivity index (χ0v) is 50.2. The highest BCUT2D eigenvalue weighted by Gasteiger charge is 2.43. The summed E-state index contributed by atoms with van der Waals surface area (Å²) in [5.74, 6) is 0.714. The lowest BCUT2D eigenvalue weighted by Crippen LogP contribution is -2.49. The van der Waals surface area contributed by atoms with Crippen LogP contribution < -0.4 is 20.9 Å². The highest BCUT2D eigenvalue weighted by Crippen LogP contribution is 2.49. The van der Waals surface area contributed by atoms with E-state index < -0.39 is 23.6 Å². The molecule has 4 aromatic carbocycles. The predicted octanol–water partition coefficient (Wildman–Crippen LogP) is 15.2. The Morgan fingerprint density at radius 1 is 0.654 bits per heavy atom. The van der Waals surface area contributed by atoms with Crippen molar-refractivity contribution in [3.63, 3.8) is 0 Å². The molecule has 3 N–H and O–H groups in total. The number of thiazole rings is 2. The maximum atomic E-state index is 14.8. The number of nitrogens with zero attached hydrogens (tertiary/aromatic N) is 5. The number of fused-ring (bicyclic) bond motifs is 6. The lowest BCUT2D eigenvalue weighted by Gasteiger charge is -2.39. The van der Waals surface area contributed by atoms with Crippen molar-refractivity contribution in [2.24, 2.45) is 0 Å². The largest absolute Gasteiger partial charge is 0.465 e. The molecule has 4 unspecified atom stereocenters. The Balaban J connectivity index is 0.000000135. The van der Waals surface area contributed by atoms with Gasteiger partial charge in [-0.3, -0.25) is 0 Å². The van der Waals surface area contributed by atoms with Gasteiger partial charge in [0.1, 0.15) is 33.9 Å². The molecule has 4 aromatic heterocycles. The molecule has 8 heterocycles. The first-order chi connectivity index (χ1) is 39.2. The van der Waals surface area contributed by atoms with Crippen LogP contribution in [0.1, 0.15) is 132 Å². The lowest BCUT2D eigenvalue weighted by atomic mass is 9.97. The second-order valence-corrected chi connectivity index (χ2v) is 26.5. The van der Waals surface area contributed by atoms with Crippen molar-refractivity contribution in [1.29, 1.82) is 0 Å². The van der Waals surface area contributed by atoms with Crippen LogP contribution in [0, 0.1) is 11.6 Å². The summed E-state index contributed by atoms with van der Waals surface area (Å²) in [4.78, 5) is 34.1. The quantitative estimate of drug-likeness (QED) is 0.0932. The number of hydrogen-bond acceptors (Lipinski definition) is 16. The van der Waals surface area contributed by atoms with E-state index in [1.807, 2.05) is 36.4 Å². The van der Waals surface area contributed by atoms with Crippen molar-refractivity contribution in [3.05, 3.63) is 130 Å². The van der Waals surface area contributed by atoms with E-state index in [-0.39, 0.29) is 16.6 Å². The molecule has 14 rings (SSSR count). The second-order valence-electron chi connectivity index (χ2n) is 21.6. The normalized spacial score (nSPS) is 21.9. The summed E-state index contributed by atoms with van der Waals surface area (Å²) < 4.78 is 51.0. The van der Waals surface area contributed by atoms with E-state index in [4.69, 9.17) is 60.2 Å². The highest BCUT2D eigenvalue weighted by molar-refractivity contribution is 9.11. The summed E-state index contributed by atoms with van der Waals surface area (Å²) in [5.41, 5.74) is 6.14. The number of carbonyl (C=O) groups is 2. The average molecular weight is 1280 g/mol. The molecule has 8 aromatic rings. The summed E-state index contributed by atoms with van der Waals surface area (Å²) in [6, 6.07) is 19.4. The number of carbonyl (C=O) groups excluding carboxylic acids is 2. The summed E-state index contributed by atoms with van der Waals surface area (Å²) >= 11 is 31.8. The molecule has 4 atom stereocenters. The van der Waals surface area contributed by atoms with E-state index in [1.165, 1.54) is 81.5 Å². The van der Waals surface area contributed by atoms with Crippen molar-refractivity contribution in [1.82, 2.24) is 36.2 Å². The van der Waals surface area contributed by atoms with Gasteiger partial charge in [0, 0.05) is 83.4 Å². The van der Waals surface area contributed by atoms with Gasteiger partial charge in [-0.2, -0.15) is 0 Å². The van der Waals surface area contributed by atoms with Gasteiger partial charge in [0.05, 0.1) is 54.8 Å². The first-order valence-electron chi connectivity index (χ1n) is 27.1. The molecule has 4 saturated heterocycles. The molecule has 0 spiro atoms. The summed E-state index contributed by atoms with van der Waals surface area (Å²) in [6.07, 6.45) is 13.6. The fourth-order valence-electron chi connectivity index (χ4n) is 12.1. The molecule has 0 radical (unpaired) electrons. The van der Waals surface area contributed by atoms with Gasteiger partial charge in [-0.15, -0.1) is 11.3 Å². The molecular formula is C58H55BrCl4F2N8O6S2. The van der Waals surface area contributed by atoms with Gasteiger partial charge >= 0.3 is 11.9 Å². The molecule has 2 saturated carbocycles. The van der Waals surface area contributed by atoms with E-state index >= 15 is 0 Å². The molecule has 14 nitrogen and oxygen atoms in total. The maximum absolute atomic E-state index is 14.8. The second kappa shape index (κ2) is 24.1. The van der Waals surface area contributed by atoms with Crippen LogP contribution >= 0.6 is 85.0 Å². The Kier molecular flexibility index (Phi) is 16.8. The number of anilines is 1. The van der Waals surface area contributed by atoms with Gasteiger partial charge in [-0.25, -0.2) is 28.3 Å². The van der Waals surface area contributed by atoms with Crippen molar-refractivity contribution in [2.75, 3.05) is 19.1 Å². The number of rotatable bonds is 13. The third-order valence-corrected chi connectivity index (χ3v) is 19.9. The number of nitrogens with one attached hydrogen (secondary N) is 3. The first-order valence-corrected chi connectivity index (χ1v) is 31.0. The molecule has 6 aliphatic rings. The smallest absolute Gasteiger partial charge is 0.338 e. The van der Waals surface area contributed by atoms with Crippen LogP contribution in [0.5, 0.6) is 0 Å². The minimum absolute atomic E-state index is 0.193. The number of hydrogen-bond donors (Lipinski definition) is 3. The van der Waals surface area contributed by atoms with E-state index in [0.29, 0.717) is 105 Å². The van der Waals surface area contributed by atoms with E-state index in [2.05, 4.69) is 61.8 Å². The maximum Gasteiger partial charge on any atom is 0.338 e. The average Bonchev–Trinajstić information content (AvgIpc) is 4.40. The number of halogens is 7. The lowest BCUT2D eigenvalue weighted by molar-refractivity contribution is 0.0591. The highest BCUT2D eigenvalue weighted by atomic mass is 79.9. The van der Waals surface area contributed by atoms with Gasteiger partial charge in [-0.05, 0) is 142 Å². The Hall–Kier alpha value is -4.80. The molecular weight excluding hydrogens is 1230 g/mol. The molecule has 4 bridgehead atoms. The Morgan fingerprint density at radius 3 is 1.56 bits per heavy atom. The van der Waals surface area contributed by atoms with Gasteiger partial charge in [-0.1, -0.05) is 80.2 Å². The fourth-order valence-corrected chi connectivity index (χ4v) is 15.8. The van der Waals surface area contributed by atoms with Gasteiger partial charge in [0.15, 0.2) is 20.7 Å². The molecule has 4 aliphatic heterocycles. The van der Waals surface area contributed by atoms with Gasteiger partial charge in [0.25, 0.3) is 0 Å². The van der Waals surface area contributed by atoms with Crippen molar-refractivity contribution in [2.45, 2.75) is 138 Å². The van der Waals surface area contributed by atoms with E-state index in [1.54, 1.807) is 12.1 Å². The summed E-state index contributed by atoms with van der Waals surface area (Å²) in [7, 11) is 2.55. The third kappa shape index (κ3) is 12.0. The number of methoxy groups -OCH3 is 2. The minimum atomic E-state index is -0.555. The van der Waals surface area contributed by atoms with Crippen LogP contribution in [0.25, 0.3) is 42.9 Å². The Bertz CT molecular complexity index is 3620. The van der Waals surface area contributed by atoms with Crippen LogP contribution in [0.4, 0.5) is 13.9 Å².